The van der Waals surface area contributed by atoms with E-state index in [2.05, 4.69) is 43.3 Å². The molecule has 2 aromatic carbocycles. The Labute approximate surface area is 113 Å². The predicted octanol–water partition coefficient (Wildman–Crippen LogP) is 3.40. The van der Waals surface area contributed by atoms with Gasteiger partial charge in [-0.25, -0.2) is 0 Å². The van der Waals surface area contributed by atoms with Crippen LogP contribution in [-0.4, -0.2) is 19.4 Å². The van der Waals surface area contributed by atoms with Gasteiger partial charge in [0, 0.05) is 17.7 Å². The number of fused-ring (bicyclic) bond motifs is 1. The Morgan fingerprint density at radius 3 is 2.68 bits per heavy atom. The SMILES string of the molecule is COc1ccc2c(c1)C(c1ccccc1C)=NCC2. The molecule has 0 atom stereocenters. The molecule has 0 saturated carbocycles. The summed E-state index contributed by atoms with van der Waals surface area (Å²) in [5.74, 6) is 0.891. The van der Waals surface area contributed by atoms with Gasteiger partial charge in [0.1, 0.15) is 5.75 Å². The first-order chi connectivity index (χ1) is 9.29. The fourth-order valence-electron chi connectivity index (χ4n) is 2.56. The third-order valence-electron chi connectivity index (χ3n) is 3.62. The maximum atomic E-state index is 5.34. The minimum atomic E-state index is 0.864. The molecule has 0 aliphatic carbocycles. The summed E-state index contributed by atoms with van der Waals surface area (Å²) < 4.78 is 5.34. The van der Waals surface area contributed by atoms with Gasteiger partial charge in [0.25, 0.3) is 0 Å². The van der Waals surface area contributed by atoms with Gasteiger partial charge in [-0.1, -0.05) is 30.3 Å². The van der Waals surface area contributed by atoms with Crippen LogP contribution >= 0.6 is 0 Å². The summed E-state index contributed by atoms with van der Waals surface area (Å²) in [5.41, 5.74) is 6.14. The van der Waals surface area contributed by atoms with Crippen molar-refractivity contribution in [1.82, 2.24) is 0 Å². The molecule has 0 amide bonds. The van der Waals surface area contributed by atoms with Crippen LogP contribution in [-0.2, 0) is 6.42 Å². The first-order valence-electron chi connectivity index (χ1n) is 6.57. The molecule has 0 radical (unpaired) electrons. The number of aryl methyl sites for hydroxylation is 1. The fourth-order valence-corrected chi connectivity index (χ4v) is 2.56. The third kappa shape index (κ3) is 2.14. The van der Waals surface area contributed by atoms with Gasteiger partial charge < -0.3 is 4.74 Å². The smallest absolute Gasteiger partial charge is 0.119 e. The first kappa shape index (κ1) is 12.0. The van der Waals surface area contributed by atoms with Crippen LogP contribution in [0.15, 0.2) is 47.5 Å². The molecule has 0 unspecified atom stereocenters. The van der Waals surface area contributed by atoms with Crippen LogP contribution in [0.25, 0.3) is 0 Å². The lowest BCUT2D eigenvalue weighted by atomic mass is 9.91. The lowest BCUT2D eigenvalue weighted by molar-refractivity contribution is 0.414. The normalized spacial score (nSPS) is 13.7. The van der Waals surface area contributed by atoms with Crippen LogP contribution < -0.4 is 4.74 Å². The standard InChI is InChI=1S/C17H17NO/c1-12-5-3-4-6-15(12)17-16-11-14(19-2)8-7-13(16)9-10-18-17/h3-8,11H,9-10H2,1-2H3. The quantitative estimate of drug-likeness (QED) is 0.801. The van der Waals surface area contributed by atoms with E-state index >= 15 is 0 Å². The van der Waals surface area contributed by atoms with Crippen LogP contribution in [0.3, 0.4) is 0 Å². The highest BCUT2D eigenvalue weighted by Crippen LogP contribution is 2.26. The molecule has 0 saturated heterocycles. The van der Waals surface area contributed by atoms with Gasteiger partial charge >= 0.3 is 0 Å². The van der Waals surface area contributed by atoms with Crippen LogP contribution in [0.5, 0.6) is 5.75 Å². The van der Waals surface area contributed by atoms with Crippen molar-refractivity contribution in [2.45, 2.75) is 13.3 Å². The second-order valence-corrected chi connectivity index (χ2v) is 4.82. The van der Waals surface area contributed by atoms with Crippen molar-refractivity contribution in [3.8, 4) is 5.75 Å². The number of methoxy groups -OCH3 is 1. The summed E-state index contributed by atoms with van der Waals surface area (Å²) in [6.45, 7) is 3.00. The summed E-state index contributed by atoms with van der Waals surface area (Å²) in [6, 6.07) is 14.7. The Bertz CT molecular complexity index is 643. The maximum Gasteiger partial charge on any atom is 0.119 e. The van der Waals surface area contributed by atoms with E-state index in [4.69, 9.17) is 9.73 Å². The minimum Gasteiger partial charge on any atom is -0.497 e. The van der Waals surface area contributed by atoms with Gasteiger partial charge in [0.05, 0.1) is 12.8 Å². The van der Waals surface area contributed by atoms with E-state index < -0.39 is 0 Å². The lowest BCUT2D eigenvalue weighted by Crippen LogP contribution is -2.15. The summed E-state index contributed by atoms with van der Waals surface area (Å²) in [7, 11) is 1.70. The number of nitrogens with zero attached hydrogens (tertiary/aromatic N) is 1. The summed E-state index contributed by atoms with van der Waals surface area (Å²) in [6.07, 6.45) is 1.01. The number of ether oxygens (including phenoxy) is 1. The van der Waals surface area contributed by atoms with Gasteiger partial charge in [-0.3, -0.25) is 4.99 Å². The second kappa shape index (κ2) is 4.88. The highest BCUT2D eigenvalue weighted by atomic mass is 16.5. The van der Waals surface area contributed by atoms with Crippen molar-refractivity contribution in [3.63, 3.8) is 0 Å². The van der Waals surface area contributed by atoms with E-state index in [1.54, 1.807) is 7.11 Å². The van der Waals surface area contributed by atoms with Gasteiger partial charge in [-0.15, -0.1) is 0 Å². The summed E-state index contributed by atoms with van der Waals surface area (Å²) >= 11 is 0. The average Bonchev–Trinajstić information content (AvgIpc) is 2.47. The third-order valence-corrected chi connectivity index (χ3v) is 3.62. The molecule has 2 nitrogen and oxygen atoms in total. The van der Waals surface area contributed by atoms with E-state index in [1.165, 1.54) is 22.3 Å². The van der Waals surface area contributed by atoms with E-state index in [0.29, 0.717) is 0 Å². The van der Waals surface area contributed by atoms with Crippen LogP contribution in [0.4, 0.5) is 0 Å². The number of aliphatic imine (C=N–C) groups is 1. The first-order valence-corrected chi connectivity index (χ1v) is 6.57. The molecule has 0 aromatic heterocycles. The number of hydrogen-bond donors (Lipinski definition) is 0. The van der Waals surface area contributed by atoms with Crippen molar-refractivity contribution in [3.05, 3.63) is 64.7 Å². The average molecular weight is 251 g/mol. The number of rotatable bonds is 2. The van der Waals surface area contributed by atoms with Gasteiger partial charge in [0.2, 0.25) is 0 Å². The zero-order valence-electron chi connectivity index (χ0n) is 11.3. The fraction of sp³-hybridized carbons (Fsp3) is 0.235. The zero-order valence-corrected chi connectivity index (χ0v) is 11.3. The Kier molecular flexibility index (Phi) is 3.08. The van der Waals surface area contributed by atoms with E-state index in [9.17, 15) is 0 Å². The van der Waals surface area contributed by atoms with Crippen molar-refractivity contribution in [2.24, 2.45) is 4.99 Å². The molecule has 2 aromatic rings. The van der Waals surface area contributed by atoms with Gasteiger partial charge in [0.15, 0.2) is 0 Å². The molecular formula is C17H17NO. The molecule has 1 aliphatic heterocycles. The molecule has 1 heterocycles. The van der Waals surface area contributed by atoms with Crippen LogP contribution in [0, 0.1) is 6.92 Å². The second-order valence-electron chi connectivity index (χ2n) is 4.82. The van der Waals surface area contributed by atoms with Crippen molar-refractivity contribution in [1.29, 1.82) is 0 Å². The van der Waals surface area contributed by atoms with Gasteiger partial charge in [-0.2, -0.15) is 0 Å². The Hall–Kier alpha value is -2.09. The van der Waals surface area contributed by atoms with Crippen LogP contribution in [0.1, 0.15) is 22.3 Å². The molecule has 3 rings (SSSR count). The lowest BCUT2D eigenvalue weighted by Gasteiger charge is -2.19. The summed E-state index contributed by atoms with van der Waals surface area (Å²) in [5, 5.41) is 0. The topological polar surface area (TPSA) is 21.6 Å². The molecule has 1 aliphatic rings. The maximum absolute atomic E-state index is 5.34. The highest BCUT2D eigenvalue weighted by Gasteiger charge is 2.17. The Morgan fingerprint density at radius 1 is 1.05 bits per heavy atom. The number of hydrogen-bond acceptors (Lipinski definition) is 2. The molecular weight excluding hydrogens is 234 g/mol. The molecule has 0 fully saturated rings. The van der Waals surface area contributed by atoms with Gasteiger partial charge in [-0.05, 0) is 36.6 Å². The number of benzene rings is 2. The van der Waals surface area contributed by atoms with Crippen LogP contribution in [0.2, 0.25) is 0 Å². The van der Waals surface area contributed by atoms with Crippen molar-refractivity contribution >= 4 is 5.71 Å². The molecule has 0 bridgehead atoms. The molecule has 96 valence electrons. The van der Waals surface area contributed by atoms with Crippen molar-refractivity contribution in [2.75, 3.05) is 13.7 Å². The molecule has 19 heavy (non-hydrogen) atoms. The monoisotopic (exact) mass is 251 g/mol. The Balaban J connectivity index is 2.15. The highest BCUT2D eigenvalue weighted by molar-refractivity contribution is 6.15. The van der Waals surface area contributed by atoms with Crippen molar-refractivity contribution < 1.29 is 4.74 Å². The predicted molar refractivity (Wildman–Crippen MR) is 78.4 cm³/mol. The zero-order chi connectivity index (χ0) is 13.2. The Morgan fingerprint density at radius 2 is 1.89 bits per heavy atom. The van der Waals surface area contributed by atoms with E-state index in [1.807, 2.05) is 6.07 Å². The van der Waals surface area contributed by atoms with E-state index in [0.717, 1.165) is 24.4 Å². The molecule has 2 heteroatoms. The van der Waals surface area contributed by atoms with E-state index in [-0.39, 0.29) is 0 Å². The minimum absolute atomic E-state index is 0.864. The summed E-state index contributed by atoms with van der Waals surface area (Å²) in [4.78, 5) is 4.74. The molecule has 0 N–H and O–H groups in total. The molecule has 0 spiro atoms. The largest absolute Gasteiger partial charge is 0.497 e.